The van der Waals surface area contributed by atoms with Crippen molar-refractivity contribution in [3.63, 3.8) is 0 Å². The first kappa shape index (κ1) is 10.9. The highest BCUT2D eigenvalue weighted by molar-refractivity contribution is 5.49. The number of allylic oxidation sites excluding steroid dienone is 1. The van der Waals surface area contributed by atoms with E-state index in [0.29, 0.717) is 0 Å². The van der Waals surface area contributed by atoms with Crippen molar-refractivity contribution in [3.8, 4) is 0 Å². The van der Waals surface area contributed by atoms with Crippen LogP contribution >= 0.6 is 0 Å². The van der Waals surface area contributed by atoms with Crippen molar-refractivity contribution in [2.75, 3.05) is 6.54 Å². The molecule has 0 aromatic heterocycles. The maximum Gasteiger partial charge on any atom is 0.268 e. The molecule has 2 N–H and O–H groups in total. The molecule has 0 heterocycles. The van der Waals surface area contributed by atoms with Gasteiger partial charge >= 0.3 is 0 Å². The molecule has 1 aromatic rings. The molecule has 1 nitrogen and oxygen atoms in total. The fraction of sp³-hybridized carbons (Fsp3) is 0.273. The first-order chi connectivity index (χ1) is 6.64. The number of alkyl halides is 2. The summed E-state index contributed by atoms with van der Waals surface area (Å²) in [4.78, 5) is 0. The number of nitrogens with two attached hydrogens (primary N) is 1. The minimum Gasteiger partial charge on any atom is -0.330 e. The van der Waals surface area contributed by atoms with E-state index in [1.54, 1.807) is 24.3 Å². The fourth-order valence-electron chi connectivity index (χ4n) is 1.06. The molecule has 0 unspecified atom stereocenters. The third-order valence-corrected chi connectivity index (χ3v) is 1.80. The van der Waals surface area contributed by atoms with Crippen molar-refractivity contribution in [3.05, 3.63) is 42.0 Å². The largest absolute Gasteiger partial charge is 0.330 e. The van der Waals surface area contributed by atoms with Gasteiger partial charge in [0.15, 0.2) is 0 Å². The number of hydrogen-bond donors (Lipinski definition) is 1. The first-order valence-electron chi connectivity index (χ1n) is 4.46. The molecular formula is C11H13F2N. The normalized spacial score (nSPS) is 12.2. The molecule has 0 bridgehead atoms. The number of benzene rings is 1. The van der Waals surface area contributed by atoms with E-state index in [4.69, 9.17) is 5.73 Å². The third kappa shape index (κ3) is 3.66. The molecule has 0 radical (unpaired) electrons. The van der Waals surface area contributed by atoms with E-state index in [2.05, 4.69) is 0 Å². The zero-order valence-electron chi connectivity index (χ0n) is 7.79. The van der Waals surface area contributed by atoms with Crippen molar-refractivity contribution in [1.29, 1.82) is 0 Å². The van der Waals surface area contributed by atoms with Gasteiger partial charge in [-0.05, 0) is 18.2 Å². The van der Waals surface area contributed by atoms with Crippen LogP contribution in [-0.4, -0.2) is 12.5 Å². The van der Waals surface area contributed by atoms with Gasteiger partial charge in [-0.25, -0.2) is 8.78 Å². The van der Waals surface area contributed by atoms with E-state index in [1.165, 1.54) is 6.08 Å². The molecule has 3 heteroatoms. The quantitative estimate of drug-likeness (QED) is 0.789. The molecule has 76 valence electrons. The summed E-state index contributed by atoms with van der Waals surface area (Å²) >= 11 is 0. The summed E-state index contributed by atoms with van der Waals surface area (Å²) in [5.41, 5.74) is 5.84. The van der Waals surface area contributed by atoms with Crippen LogP contribution in [0, 0.1) is 0 Å². The molecule has 0 amide bonds. The van der Waals surface area contributed by atoms with E-state index < -0.39 is 5.92 Å². The lowest BCUT2D eigenvalue weighted by Crippen LogP contribution is -2.17. The minimum atomic E-state index is -2.80. The smallest absolute Gasteiger partial charge is 0.268 e. The second-order valence-corrected chi connectivity index (χ2v) is 3.04. The van der Waals surface area contributed by atoms with Crippen LogP contribution in [0.5, 0.6) is 0 Å². The zero-order chi connectivity index (χ0) is 10.4. The van der Waals surface area contributed by atoms with Crippen LogP contribution in [0.25, 0.3) is 6.08 Å². The number of rotatable bonds is 4. The summed E-state index contributed by atoms with van der Waals surface area (Å²) in [6.07, 6.45) is 2.00. The summed E-state index contributed by atoms with van der Waals surface area (Å²) < 4.78 is 25.9. The standard InChI is InChI=1S/C11H13F2N/c12-11(13,8-9-14)7-6-10-4-2-1-3-5-10/h1-7H,8-9,14H2/b7-6+. The highest BCUT2D eigenvalue weighted by Gasteiger charge is 2.22. The van der Waals surface area contributed by atoms with Gasteiger partial charge in [0.05, 0.1) is 0 Å². The molecule has 1 rings (SSSR count). The minimum absolute atomic E-state index is 0.00781. The second kappa shape index (κ2) is 4.86. The second-order valence-electron chi connectivity index (χ2n) is 3.04. The monoisotopic (exact) mass is 197 g/mol. The van der Waals surface area contributed by atoms with Gasteiger partial charge in [0.25, 0.3) is 5.92 Å². The molecule has 0 atom stereocenters. The van der Waals surface area contributed by atoms with Gasteiger partial charge in [0, 0.05) is 6.42 Å². The summed E-state index contributed by atoms with van der Waals surface area (Å²) in [6, 6.07) is 9.00. The van der Waals surface area contributed by atoms with Crippen LogP contribution < -0.4 is 5.73 Å². The van der Waals surface area contributed by atoms with E-state index in [-0.39, 0.29) is 13.0 Å². The summed E-state index contributed by atoms with van der Waals surface area (Å²) in [6.45, 7) is -0.00781. The van der Waals surface area contributed by atoms with Gasteiger partial charge in [-0.3, -0.25) is 0 Å². The van der Waals surface area contributed by atoms with Gasteiger partial charge in [0.2, 0.25) is 0 Å². The van der Waals surface area contributed by atoms with Crippen LogP contribution in [0.4, 0.5) is 8.78 Å². The highest BCUT2D eigenvalue weighted by atomic mass is 19.3. The van der Waals surface area contributed by atoms with Crippen LogP contribution in [0.15, 0.2) is 36.4 Å². The number of hydrogen-bond acceptors (Lipinski definition) is 1. The molecular weight excluding hydrogens is 184 g/mol. The average Bonchev–Trinajstić information content (AvgIpc) is 2.17. The topological polar surface area (TPSA) is 26.0 Å². The van der Waals surface area contributed by atoms with Crippen molar-refractivity contribution < 1.29 is 8.78 Å². The van der Waals surface area contributed by atoms with E-state index in [1.807, 2.05) is 6.07 Å². The Kier molecular flexibility index (Phi) is 3.77. The van der Waals surface area contributed by atoms with Crippen molar-refractivity contribution in [2.24, 2.45) is 5.73 Å². The molecule has 0 aliphatic carbocycles. The van der Waals surface area contributed by atoms with Gasteiger partial charge in [-0.15, -0.1) is 0 Å². The molecule has 0 spiro atoms. The molecule has 0 fully saturated rings. The predicted octanol–water partition coefficient (Wildman–Crippen LogP) is 2.68. The van der Waals surface area contributed by atoms with Crippen molar-refractivity contribution in [1.82, 2.24) is 0 Å². The number of halogens is 2. The van der Waals surface area contributed by atoms with E-state index >= 15 is 0 Å². The molecule has 0 aliphatic heterocycles. The highest BCUT2D eigenvalue weighted by Crippen LogP contribution is 2.20. The van der Waals surface area contributed by atoms with Crippen LogP contribution in [0.2, 0.25) is 0 Å². The van der Waals surface area contributed by atoms with E-state index in [0.717, 1.165) is 11.6 Å². The average molecular weight is 197 g/mol. The lowest BCUT2D eigenvalue weighted by atomic mass is 10.1. The maximum atomic E-state index is 12.9. The summed E-state index contributed by atoms with van der Waals surface area (Å²) in [5, 5.41) is 0. The lowest BCUT2D eigenvalue weighted by molar-refractivity contribution is 0.0493. The Morgan fingerprint density at radius 1 is 1.21 bits per heavy atom. The molecule has 0 saturated carbocycles. The summed E-state index contributed by atoms with van der Waals surface area (Å²) in [7, 11) is 0. The SMILES string of the molecule is NCCC(F)(F)/C=C/c1ccccc1. The Labute approximate surface area is 82.2 Å². The van der Waals surface area contributed by atoms with Crippen molar-refractivity contribution in [2.45, 2.75) is 12.3 Å². The van der Waals surface area contributed by atoms with Crippen LogP contribution in [0.1, 0.15) is 12.0 Å². The Bertz CT molecular complexity index is 293. The molecule has 0 saturated heterocycles. The van der Waals surface area contributed by atoms with Gasteiger partial charge in [-0.1, -0.05) is 36.4 Å². The Hall–Kier alpha value is -1.22. The Balaban J connectivity index is 2.64. The Morgan fingerprint density at radius 3 is 2.43 bits per heavy atom. The van der Waals surface area contributed by atoms with Gasteiger partial charge in [0.1, 0.15) is 0 Å². The first-order valence-corrected chi connectivity index (χ1v) is 4.46. The Morgan fingerprint density at radius 2 is 1.86 bits per heavy atom. The summed E-state index contributed by atoms with van der Waals surface area (Å²) in [5.74, 6) is -2.80. The van der Waals surface area contributed by atoms with Crippen LogP contribution in [-0.2, 0) is 0 Å². The van der Waals surface area contributed by atoms with Gasteiger partial charge < -0.3 is 5.73 Å². The van der Waals surface area contributed by atoms with Gasteiger partial charge in [-0.2, -0.15) is 0 Å². The molecule has 1 aromatic carbocycles. The van der Waals surface area contributed by atoms with Crippen molar-refractivity contribution >= 4 is 6.08 Å². The molecule has 0 aliphatic rings. The fourth-order valence-corrected chi connectivity index (χ4v) is 1.06. The lowest BCUT2D eigenvalue weighted by Gasteiger charge is -2.08. The molecule has 14 heavy (non-hydrogen) atoms. The maximum absolute atomic E-state index is 12.9. The predicted molar refractivity (Wildman–Crippen MR) is 54.1 cm³/mol. The van der Waals surface area contributed by atoms with E-state index in [9.17, 15) is 8.78 Å². The zero-order valence-corrected chi connectivity index (χ0v) is 7.79. The van der Waals surface area contributed by atoms with Crippen LogP contribution in [0.3, 0.4) is 0 Å². The third-order valence-electron chi connectivity index (χ3n) is 1.80.